The van der Waals surface area contributed by atoms with Gasteiger partial charge in [-0.05, 0) is 12.3 Å². The first-order valence-corrected chi connectivity index (χ1v) is 5.67. The van der Waals surface area contributed by atoms with E-state index in [2.05, 4.69) is 5.32 Å². The first-order chi connectivity index (χ1) is 7.18. The zero-order valence-electron chi connectivity index (χ0n) is 9.00. The van der Waals surface area contributed by atoms with E-state index in [0.717, 1.165) is 6.42 Å². The molecule has 2 N–H and O–H groups in total. The van der Waals surface area contributed by atoms with Gasteiger partial charge in [0.1, 0.15) is 6.54 Å². The van der Waals surface area contributed by atoms with Crippen molar-refractivity contribution in [3.05, 3.63) is 0 Å². The van der Waals surface area contributed by atoms with Crippen LogP contribution >= 0.6 is 0 Å². The molecular formula is C11H19NO3. The lowest BCUT2D eigenvalue weighted by Gasteiger charge is -2.20. The van der Waals surface area contributed by atoms with Gasteiger partial charge in [0.15, 0.2) is 0 Å². The van der Waals surface area contributed by atoms with Crippen LogP contribution < -0.4 is 5.32 Å². The Labute approximate surface area is 90.0 Å². The van der Waals surface area contributed by atoms with Crippen LogP contribution in [-0.4, -0.2) is 23.5 Å². The molecule has 1 aliphatic rings. The van der Waals surface area contributed by atoms with Crippen molar-refractivity contribution < 1.29 is 14.7 Å². The van der Waals surface area contributed by atoms with Gasteiger partial charge in [-0.1, -0.05) is 32.1 Å². The molecule has 1 aliphatic carbocycles. The second-order valence-corrected chi connectivity index (χ2v) is 4.21. The van der Waals surface area contributed by atoms with E-state index in [-0.39, 0.29) is 12.5 Å². The number of carboxylic acid groups (broad SMARTS) is 1. The topological polar surface area (TPSA) is 66.4 Å². The molecule has 0 heterocycles. The molecule has 1 rings (SSSR count). The molecule has 0 aromatic heterocycles. The molecule has 0 unspecified atom stereocenters. The standard InChI is InChI=1S/C11H19NO3/c13-10(12-8-11(14)15)7-6-9-4-2-1-3-5-9/h9H,1-8H2,(H,12,13)(H,14,15). The summed E-state index contributed by atoms with van der Waals surface area (Å²) in [6.45, 7) is -0.260. The molecule has 4 nitrogen and oxygen atoms in total. The number of amides is 1. The van der Waals surface area contributed by atoms with Crippen molar-refractivity contribution in [3.63, 3.8) is 0 Å². The molecule has 0 radical (unpaired) electrons. The molecule has 0 bridgehead atoms. The third-order valence-electron chi connectivity index (χ3n) is 2.94. The first kappa shape index (κ1) is 12.0. The van der Waals surface area contributed by atoms with Crippen LogP contribution in [0.1, 0.15) is 44.9 Å². The van der Waals surface area contributed by atoms with Crippen molar-refractivity contribution in [1.82, 2.24) is 5.32 Å². The van der Waals surface area contributed by atoms with Crippen molar-refractivity contribution in [2.75, 3.05) is 6.54 Å². The molecule has 1 amide bonds. The average molecular weight is 213 g/mol. The van der Waals surface area contributed by atoms with E-state index in [0.29, 0.717) is 12.3 Å². The van der Waals surface area contributed by atoms with Crippen LogP contribution in [0.3, 0.4) is 0 Å². The van der Waals surface area contributed by atoms with Crippen LogP contribution in [0, 0.1) is 5.92 Å². The molecule has 4 heteroatoms. The highest BCUT2D eigenvalue weighted by atomic mass is 16.4. The van der Waals surface area contributed by atoms with E-state index in [1.54, 1.807) is 0 Å². The van der Waals surface area contributed by atoms with Crippen LogP contribution in [-0.2, 0) is 9.59 Å². The summed E-state index contributed by atoms with van der Waals surface area (Å²) in [6, 6.07) is 0. The Morgan fingerprint density at radius 3 is 2.47 bits per heavy atom. The fourth-order valence-electron chi connectivity index (χ4n) is 2.07. The highest BCUT2D eigenvalue weighted by molar-refractivity contribution is 5.80. The maximum Gasteiger partial charge on any atom is 0.322 e. The summed E-state index contributed by atoms with van der Waals surface area (Å²) < 4.78 is 0. The van der Waals surface area contributed by atoms with Crippen LogP contribution in [0.2, 0.25) is 0 Å². The average Bonchev–Trinajstić information content (AvgIpc) is 2.25. The Balaban J connectivity index is 2.07. The molecule has 0 spiro atoms. The maximum absolute atomic E-state index is 11.2. The zero-order chi connectivity index (χ0) is 11.1. The van der Waals surface area contributed by atoms with Gasteiger partial charge < -0.3 is 10.4 Å². The van der Waals surface area contributed by atoms with E-state index in [4.69, 9.17) is 5.11 Å². The van der Waals surface area contributed by atoms with Crippen LogP contribution in [0.5, 0.6) is 0 Å². The maximum atomic E-state index is 11.2. The molecule has 1 fully saturated rings. The SMILES string of the molecule is O=C(O)CNC(=O)CCC1CCCCC1. The number of hydrogen-bond acceptors (Lipinski definition) is 2. The van der Waals surface area contributed by atoms with Gasteiger partial charge in [0.05, 0.1) is 0 Å². The number of aliphatic carboxylic acids is 1. The highest BCUT2D eigenvalue weighted by Gasteiger charge is 2.14. The molecule has 1 saturated carbocycles. The van der Waals surface area contributed by atoms with Crippen molar-refractivity contribution in [1.29, 1.82) is 0 Å². The van der Waals surface area contributed by atoms with Crippen LogP contribution in [0.4, 0.5) is 0 Å². The molecule has 0 saturated heterocycles. The molecule has 0 aromatic rings. The first-order valence-electron chi connectivity index (χ1n) is 5.67. The van der Waals surface area contributed by atoms with Gasteiger partial charge in [0, 0.05) is 6.42 Å². The third-order valence-corrected chi connectivity index (χ3v) is 2.94. The Kier molecular flexibility index (Phi) is 5.15. The fraction of sp³-hybridized carbons (Fsp3) is 0.818. The second kappa shape index (κ2) is 6.43. The normalized spacial score (nSPS) is 17.3. The van der Waals surface area contributed by atoms with Gasteiger partial charge in [-0.2, -0.15) is 0 Å². The van der Waals surface area contributed by atoms with Gasteiger partial charge in [-0.15, -0.1) is 0 Å². The predicted molar refractivity (Wildman–Crippen MR) is 56.5 cm³/mol. The Bertz CT molecular complexity index is 222. The summed E-state index contributed by atoms with van der Waals surface area (Å²) in [7, 11) is 0. The summed E-state index contributed by atoms with van der Waals surface area (Å²) >= 11 is 0. The summed E-state index contributed by atoms with van der Waals surface area (Å²) in [6.07, 6.45) is 7.71. The van der Waals surface area contributed by atoms with Crippen LogP contribution in [0.15, 0.2) is 0 Å². The zero-order valence-corrected chi connectivity index (χ0v) is 9.00. The molecule has 0 aliphatic heterocycles. The Hall–Kier alpha value is -1.06. The van der Waals surface area contributed by atoms with Gasteiger partial charge >= 0.3 is 5.97 Å². The molecule has 86 valence electrons. The number of rotatable bonds is 5. The van der Waals surface area contributed by atoms with E-state index in [1.165, 1.54) is 32.1 Å². The summed E-state index contributed by atoms with van der Waals surface area (Å²) in [5, 5.41) is 10.7. The van der Waals surface area contributed by atoms with Crippen molar-refractivity contribution in [2.24, 2.45) is 5.92 Å². The monoisotopic (exact) mass is 213 g/mol. The third kappa shape index (κ3) is 5.40. The minimum atomic E-state index is -0.985. The van der Waals surface area contributed by atoms with Gasteiger partial charge in [0.2, 0.25) is 5.91 Å². The number of hydrogen-bond donors (Lipinski definition) is 2. The van der Waals surface area contributed by atoms with E-state index in [9.17, 15) is 9.59 Å². The van der Waals surface area contributed by atoms with E-state index in [1.807, 2.05) is 0 Å². The lowest BCUT2D eigenvalue weighted by atomic mass is 9.86. The fourth-order valence-corrected chi connectivity index (χ4v) is 2.07. The van der Waals surface area contributed by atoms with Gasteiger partial charge in [-0.25, -0.2) is 0 Å². The summed E-state index contributed by atoms with van der Waals surface area (Å²) in [5.41, 5.74) is 0. The molecule has 15 heavy (non-hydrogen) atoms. The minimum absolute atomic E-state index is 0.136. The summed E-state index contributed by atoms with van der Waals surface area (Å²) in [4.78, 5) is 21.4. The minimum Gasteiger partial charge on any atom is -0.480 e. The quantitative estimate of drug-likeness (QED) is 0.728. The molecular weight excluding hydrogens is 194 g/mol. The lowest BCUT2D eigenvalue weighted by molar-refractivity contribution is -0.138. The van der Waals surface area contributed by atoms with E-state index >= 15 is 0 Å². The van der Waals surface area contributed by atoms with E-state index < -0.39 is 5.97 Å². The van der Waals surface area contributed by atoms with Crippen molar-refractivity contribution in [2.45, 2.75) is 44.9 Å². The Morgan fingerprint density at radius 2 is 1.87 bits per heavy atom. The number of carboxylic acids is 1. The van der Waals surface area contributed by atoms with Gasteiger partial charge in [-0.3, -0.25) is 9.59 Å². The largest absolute Gasteiger partial charge is 0.480 e. The number of carbonyl (C=O) groups is 2. The Morgan fingerprint density at radius 1 is 1.20 bits per heavy atom. The lowest BCUT2D eigenvalue weighted by Crippen LogP contribution is -2.29. The summed E-state index contributed by atoms with van der Waals surface area (Å²) in [5.74, 6) is -0.446. The number of carbonyl (C=O) groups excluding carboxylic acids is 1. The molecule has 0 aromatic carbocycles. The van der Waals surface area contributed by atoms with Crippen molar-refractivity contribution >= 4 is 11.9 Å². The smallest absolute Gasteiger partial charge is 0.322 e. The number of nitrogens with one attached hydrogen (secondary N) is 1. The van der Waals surface area contributed by atoms with Crippen LogP contribution in [0.25, 0.3) is 0 Å². The molecule has 0 atom stereocenters. The van der Waals surface area contributed by atoms with Crippen molar-refractivity contribution in [3.8, 4) is 0 Å². The highest BCUT2D eigenvalue weighted by Crippen LogP contribution is 2.26. The van der Waals surface area contributed by atoms with Gasteiger partial charge in [0.25, 0.3) is 0 Å². The predicted octanol–water partition coefficient (Wildman–Crippen LogP) is 1.55. The second-order valence-electron chi connectivity index (χ2n) is 4.21.